The largest absolute Gasteiger partial charge is 0.367 e. The second kappa shape index (κ2) is 8.76. The normalized spacial score (nSPS) is 15.8. The van der Waals surface area contributed by atoms with Gasteiger partial charge in [-0.1, -0.05) is 19.1 Å². The van der Waals surface area contributed by atoms with Crippen LogP contribution in [0.3, 0.4) is 0 Å². The summed E-state index contributed by atoms with van der Waals surface area (Å²) in [6.07, 6.45) is 1.42. The molecule has 1 aromatic carbocycles. The van der Waals surface area contributed by atoms with Gasteiger partial charge in [-0.2, -0.15) is 0 Å². The lowest BCUT2D eigenvalue weighted by molar-refractivity contribution is -0.116. The molecule has 0 saturated carbocycles. The highest BCUT2D eigenvalue weighted by atomic mass is 16.1. The van der Waals surface area contributed by atoms with Crippen molar-refractivity contribution in [3.8, 4) is 0 Å². The Hall–Kier alpha value is -1.59. The zero-order valence-corrected chi connectivity index (χ0v) is 13.8. The number of piperazine rings is 1. The van der Waals surface area contributed by atoms with Crippen molar-refractivity contribution in [3.05, 3.63) is 24.3 Å². The molecule has 122 valence electrons. The molecule has 2 N–H and O–H groups in total. The Kier molecular flexibility index (Phi) is 6.68. The summed E-state index contributed by atoms with van der Waals surface area (Å²) in [6.45, 7) is 8.38. The Morgan fingerprint density at radius 1 is 1.18 bits per heavy atom. The van der Waals surface area contributed by atoms with Crippen molar-refractivity contribution in [3.63, 3.8) is 0 Å². The fraction of sp³-hybridized carbons (Fsp3) is 0.588. The average molecular weight is 304 g/mol. The molecule has 1 heterocycles. The van der Waals surface area contributed by atoms with Crippen LogP contribution in [0.2, 0.25) is 0 Å². The lowest BCUT2D eigenvalue weighted by Crippen LogP contribution is -2.46. The number of hydrogen-bond acceptors (Lipinski definition) is 4. The molecule has 1 aromatic rings. The Morgan fingerprint density at radius 3 is 2.59 bits per heavy atom. The maximum atomic E-state index is 12.1. The fourth-order valence-corrected chi connectivity index (χ4v) is 2.80. The first-order valence-electron chi connectivity index (χ1n) is 8.25. The Balaban J connectivity index is 1.96. The van der Waals surface area contributed by atoms with Crippen LogP contribution in [0, 0.1) is 0 Å². The minimum absolute atomic E-state index is 0.0925. The van der Waals surface area contributed by atoms with Gasteiger partial charge in [0.1, 0.15) is 0 Å². The molecule has 0 aromatic heterocycles. The van der Waals surface area contributed by atoms with E-state index in [9.17, 15) is 4.79 Å². The lowest BCUT2D eigenvalue weighted by Gasteiger charge is -2.36. The van der Waals surface area contributed by atoms with Gasteiger partial charge in [0, 0.05) is 32.6 Å². The van der Waals surface area contributed by atoms with E-state index in [0.29, 0.717) is 6.42 Å². The Bertz CT molecular complexity index is 469. The summed E-state index contributed by atoms with van der Waals surface area (Å²) in [7, 11) is 1.91. The van der Waals surface area contributed by atoms with Gasteiger partial charge in [-0.15, -0.1) is 0 Å². The first kappa shape index (κ1) is 16.8. The van der Waals surface area contributed by atoms with Crippen molar-refractivity contribution < 1.29 is 4.79 Å². The number of carbonyl (C=O) groups is 1. The lowest BCUT2D eigenvalue weighted by atomic mass is 10.2. The van der Waals surface area contributed by atoms with Gasteiger partial charge in [-0.05, 0) is 38.7 Å². The highest BCUT2D eigenvalue weighted by Gasteiger charge is 2.18. The van der Waals surface area contributed by atoms with Gasteiger partial charge in [0.05, 0.1) is 11.4 Å². The topological polar surface area (TPSA) is 47.6 Å². The minimum Gasteiger partial charge on any atom is -0.367 e. The highest BCUT2D eigenvalue weighted by Crippen LogP contribution is 2.26. The number of amides is 1. The molecule has 1 fully saturated rings. The van der Waals surface area contributed by atoms with E-state index in [1.54, 1.807) is 0 Å². The molecule has 5 nitrogen and oxygen atoms in total. The molecule has 2 rings (SSSR count). The van der Waals surface area contributed by atoms with Crippen LogP contribution in [0.15, 0.2) is 24.3 Å². The van der Waals surface area contributed by atoms with E-state index in [0.717, 1.165) is 57.1 Å². The van der Waals surface area contributed by atoms with Crippen molar-refractivity contribution >= 4 is 17.3 Å². The Labute approximate surface area is 133 Å². The molecular weight excluding hydrogens is 276 g/mol. The molecule has 1 amide bonds. The number of para-hydroxylation sites is 2. The third kappa shape index (κ3) is 4.71. The molecular formula is C17H28N4O. The van der Waals surface area contributed by atoms with Gasteiger partial charge in [-0.3, -0.25) is 4.79 Å². The first-order valence-corrected chi connectivity index (χ1v) is 8.25. The summed E-state index contributed by atoms with van der Waals surface area (Å²) in [5.74, 6) is 0.0925. The average Bonchev–Trinajstić information content (AvgIpc) is 2.56. The van der Waals surface area contributed by atoms with Crippen molar-refractivity contribution in [2.75, 3.05) is 56.5 Å². The van der Waals surface area contributed by atoms with E-state index in [1.165, 1.54) is 0 Å². The predicted molar refractivity (Wildman–Crippen MR) is 92.6 cm³/mol. The van der Waals surface area contributed by atoms with Gasteiger partial charge >= 0.3 is 0 Å². The molecule has 1 saturated heterocycles. The maximum absolute atomic E-state index is 12.1. The number of carbonyl (C=O) groups excluding carboxylic acids is 1. The second-order valence-corrected chi connectivity index (χ2v) is 5.69. The van der Waals surface area contributed by atoms with E-state index >= 15 is 0 Å². The van der Waals surface area contributed by atoms with Gasteiger partial charge in [0.25, 0.3) is 0 Å². The number of benzene rings is 1. The number of anilines is 2. The summed E-state index contributed by atoms with van der Waals surface area (Å²) in [4.78, 5) is 16.9. The Morgan fingerprint density at radius 2 is 1.91 bits per heavy atom. The number of likely N-dealkylation sites (N-methyl/N-ethyl adjacent to an activating group) is 1. The summed E-state index contributed by atoms with van der Waals surface area (Å²) in [5, 5.41) is 6.14. The molecule has 1 aliphatic rings. The zero-order valence-electron chi connectivity index (χ0n) is 13.8. The summed E-state index contributed by atoms with van der Waals surface area (Å²) in [6, 6.07) is 8.12. The SMILES string of the molecule is CCN1CCN(c2ccccc2NC(=O)CCCNC)CC1. The van der Waals surface area contributed by atoms with Crippen molar-refractivity contribution in [2.24, 2.45) is 0 Å². The van der Waals surface area contributed by atoms with Crippen LogP contribution in [0.25, 0.3) is 0 Å². The third-order valence-electron chi connectivity index (χ3n) is 4.17. The summed E-state index contributed by atoms with van der Waals surface area (Å²) in [5.41, 5.74) is 2.07. The molecule has 0 radical (unpaired) electrons. The zero-order chi connectivity index (χ0) is 15.8. The number of hydrogen-bond donors (Lipinski definition) is 2. The van der Waals surface area contributed by atoms with Crippen LogP contribution in [0.1, 0.15) is 19.8 Å². The van der Waals surface area contributed by atoms with Crippen LogP contribution in [0.4, 0.5) is 11.4 Å². The quantitative estimate of drug-likeness (QED) is 0.754. The van der Waals surface area contributed by atoms with Crippen LogP contribution < -0.4 is 15.5 Å². The number of nitrogens with one attached hydrogen (secondary N) is 2. The van der Waals surface area contributed by atoms with Gasteiger partial charge in [-0.25, -0.2) is 0 Å². The van der Waals surface area contributed by atoms with Crippen molar-refractivity contribution in [1.82, 2.24) is 10.2 Å². The molecule has 22 heavy (non-hydrogen) atoms. The molecule has 5 heteroatoms. The van der Waals surface area contributed by atoms with Gasteiger partial charge < -0.3 is 20.4 Å². The molecule has 0 aliphatic carbocycles. The predicted octanol–water partition coefficient (Wildman–Crippen LogP) is 1.77. The molecule has 0 atom stereocenters. The molecule has 0 bridgehead atoms. The number of rotatable bonds is 7. The summed E-state index contributed by atoms with van der Waals surface area (Å²) < 4.78 is 0. The smallest absolute Gasteiger partial charge is 0.224 e. The third-order valence-corrected chi connectivity index (χ3v) is 4.17. The van der Waals surface area contributed by atoms with Crippen LogP contribution in [-0.2, 0) is 4.79 Å². The van der Waals surface area contributed by atoms with E-state index in [2.05, 4.69) is 33.4 Å². The van der Waals surface area contributed by atoms with Gasteiger partial charge in [0.2, 0.25) is 5.91 Å². The van der Waals surface area contributed by atoms with Crippen LogP contribution >= 0.6 is 0 Å². The highest BCUT2D eigenvalue weighted by molar-refractivity contribution is 5.94. The van der Waals surface area contributed by atoms with Crippen molar-refractivity contribution in [2.45, 2.75) is 19.8 Å². The van der Waals surface area contributed by atoms with E-state index < -0.39 is 0 Å². The van der Waals surface area contributed by atoms with E-state index in [4.69, 9.17) is 0 Å². The van der Waals surface area contributed by atoms with E-state index in [-0.39, 0.29) is 5.91 Å². The van der Waals surface area contributed by atoms with Gasteiger partial charge in [0.15, 0.2) is 0 Å². The first-order chi connectivity index (χ1) is 10.7. The minimum atomic E-state index is 0.0925. The maximum Gasteiger partial charge on any atom is 0.224 e. The summed E-state index contributed by atoms with van der Waals surface area (Å²) >= 11 is 0. The molecule has 0 unspecified atom stereocenters. The number of nitrogens with zero attached hydrogens (tertiary/aromatic N) is 2. The fourth-order valence-electron chi connectivity index (χ4n) is 2.80. The van der Waals surface area contributed by atoms with Crippen LogP contribution in [0.5, 0.6) is 0 Å². The molecule has 1 aliphatic heterocycles. The monoisotopic (exact) mass is 304 g/mol. The van der Waals surface area contributed by atoms with E-state index in [1.807, 2.05) is 25.2 Å². The van der Waals surface area contributed by atoms with Crippen LogP contribution in [-0.4, -0.2) is 57.1 Å². The standard InChI is InChI=1S/C17H28N4O/c1-3-20-11-13-21(14-12-20)16-8-5-4-7-15(16)19-17(22)9-6-10-18-2/h4-5,7-8,18H,3,6,9-14H2,1-2H3,(H,19,22). The van der Waals surface area contributed by atoms with Crippen molar-refractivity contribution in [1.29, 1.82) is 0 Å². The second-order valence-electron chi connectivity index (χ2n) is 5.69. The molecule has 0 spiro atoms.